The Hall–Kier alpha value is -1.30. The Morgan fingerprint density at radius 3 is 2.55 bits per heavy atom. The summed E-state index contributed by atoms with van der Waals surface area (Å²) in [6.45, 7) is 0.0799. The van der Waals surface area contributed by atoms with Crippen LogP contribution in [0.1, 0.15) is 23.1 Å². The zero-order valence-corrected chi connectivity index (χ0v) is 12.1. The molecule has 2 aromatic rings. The molecule has 2 unspecified atom stereocenters. The summed E-state index contributed by atoms with van der Waals surface area (Å²) >= 11 is 3.23. The summed E-state index contributed by atoms with van der Waals surface area (Å²) in [6.07, 6.45) is -1.14. The molecule has 106 valence electrons. The maximum absolute atomic E-state index is 13.8. The molecular weight excluding hydrogens is 328 g/mol. The number of nitrogens with two attached hydrogens (primary N) is 1. The molecule has 3 N–H and O–H groups in total. The monoisotopic (exact) mass is 341 g/mol. The van der Waals surface area contributed by atoms with Crippen molar-refractivity contribution in [3.05, 3.63) is 69.7 Å². The predicted molar refractivity (Wildman–Crippen MR) is 77.3 cm³/mol. The van der Waals surface area contributed by atoms with Crippen molar-refractivity contribution >= 4 is 15.9 Å². The summed E-state index contributed by atoms with van der Waals surface area (Å²) in [5.41, 5.74) is 6.34. The van der Waals surface area contributed by atoms with Crippen molar-refractivity contribution in [3.63, 3.8) is 0 Å². The second-order valence-electron chi connectivity index (χ2n) is 4.51. The topological polar surface area (TPSA) is 46.2 Å². The summed E-state index contributed by atoms with van der Waals surface area (Å²) in [6, 6.07) is 10.1. The molecule has 0 aliphatic rings. The van der Waals surface area contributed by atoms with Crippen LogP contribution in [0.3, 0.4) is 0 Å². The second-order valence-corrected chi connectivity index (χ2v) is 5.42. The van der Waals surface area contributed by atoms with E-state index >= 15 is 0 Å². The fourth-order valence-electron chi connectivity index (χ4n) is 2.14. The standard InChI is InChI=1S/C15H14BrF2NO/c16-10-4-5-14(18)12(7-10)15(20)13(8-19)9-2-1-3-11(17)6-9/h1-7,13,15,20H,8,19H2. The van der Waals surface area contributed by atoms with Gasteiger partial charge in [0.05, 0.1) is 6.10 Å². The van der Waals surface area contributed by atoms with Crippen LogP contribution in [0.2, 0.25) is 0 Å². The van der Waals surface area contributed by atoms with Gasteiger partial charge in [-0.15, -0.1) is 0 Å². The lowest BCUT2D eigenvalue weighted by atomic mass is 9.89. The average Bonchev–Trinajstić information content (AvgIpc) is 2.42. The van der Waals surface area contributed by atoms with E-state index in [1.54, 1.807) is 12.1 Å². The molecule has 0 bridgehead atoms. The van der Waals surface area contributed by atoms with Gasteiger partial charge in [0, 0.05) is 22.5 Å². The van der Waals surface area contributed by atoms with Gasteiger partial charge in [0.2, 0.25) is 0 Å². The van der Waals surface area contributed by atoms with Crippen molar-refractivity contribution in [3.8, 4) is 0 Å². The van der Waals surface area contributed by atoms with Gasteiger partial charge in [-0.1, -0.05) is 28.1 Å². The van der Waals surface area contributed by atoms with Gasteiger partial charge in [-0.25, -0.2) is 8.78 Å². The normalized spacial score (nSPS) is 14.1. The molecular formula is C15H14BrF2NO. The van der Waals surface area contributed by atoms with Gasteiger partial charge in [0.15, 0.2) is 0 Å². The van der Waals surface area contributed by atoms with Crippen LogP contribution in [-0.2, 0) is 0 Å². The van der Waals surface area contributed by atoms with Crippen LogP contribution in [0, 0.1) is 11.6 Å². The lowest BCUT2D eigenvalue weighted by Gasteiger charge is -2.23. The Morgan fingerprint density at radius 1 is 1.15 bits per heavy atom. The minimum absolute atomic E-state index is 0.0799. The third-order valence-electron chi connectivity index (χ3n) is 3.19. The van der Waals surface area contributed by atoms with Crippen molar-refractivity contribution in [1.29, 1.82) is 0 Å². The lowest BCUT2D eigenvalue weighted by Crippen LogP contribution is -2.21. The van der Waals surface area contributed by atoms with E-state index in [0.29, 0.717) is 10.0 Å². The quantitative estimate of drug-likeness (QED) is 0.893. The molecule has 2 atom stereocenters. The minimum Gasteiger partial charge on any atom is -0.388 e. The summed E-state index contributed by atoms with van der Waals surface area (Å²) in [5, 5.41) is 10.4. The zero-order chi connectivity index (χ0) is 14.7. The maximum atomic E-state index is 13.8. The van der Waals surface area contributed by atoms with Gasteiger partial charge in [0.1, 0.15) is 11.6 Å². The number of aliphatic hydroxyl groups excluding tert-OH is 1. The van der Waals surface area contributed by atoms with Crippen molar-refractivity contribution in [2.45, 2.75) is 12.0 Å². The van der Waals surface area contributed by atoms with E-state index in [-0.39, 0.29) is 12.1 Å². The minimum atomic E-state index is -1.14. The van der Waals surface area contributed by atoms with Gasteiger partial charge in [-0.2, -0.15) is 0 Å². The number of aliphatic hydroxyl groups is 1. The van der Waals surface area contributed by atoms with Crippen LogP contribution >= 0.6 is 15.9 Å². The molecule has 20 heavy (non-hydrogen) atoms. The highest BCUT2D eigenvalue weighted by molar-refractivity contribution is 9.10. The van der Waals surface area contributed by atoms with Gasteiger partial charge in [-0.3, -0.25) is 0 Å². The van der Waals surface area contributed by atoms with E-state index in [2.05, 4.69) is 15.9 Å². The molecule has 0 aliphatic heterocycles. The Bertz CT molecular complexity index is 606. The van der Waals surface area contributed by atoms with Gasteiger partial charge < -0.3 is 10.8 Å². The molecule has 2 aromatic carbocycles. The van der Waals surface area contributed by atoms with Crippen molar-refractivity contribution in [1.82, 2.24) is 0 Å². The molecule has 0 radical (unpaired) electrons. The predicted octanol–water partition coefficient (Wildman–Crippen LogP) is 3.50. The lowest BCUT2D eigenvalue weighted by molar-refractivity contribution is 0.143. The molecule has 2 rings (SSSR count). The molecule has 0 spiro atoms. The van der Waals surface area contributed by atoms with E-state index in [4.69, 9.17) is 5.73 Å². The van der Waals surface area contributed by atoms with Crippen LogP contribution in [0.5, 0.6) is 0 Å². The molecule has 0 aromatic heterocycles. The first-order chi connectivity index (χ1) is 9.52. The van der Waals surface area contributed by atoms with Crippen LogP contribution in [0.25, 0.3) is 0 Å². The summed E-state index contributed by atoms with van der Waals surface area (Å²) in [7, 11) is 0. The molecule has 0 heterocycles. The first-order valence-electron chi connectivity index (χ1n) is 6.11. The molecule has 5 heteroatoms. The number of hydrogen-bond acceptors (Lipinski definition) is 2. The highest BCUT2D eigenvalue weighted by Gasteiger charge is 2.24. The third kappa shape index (κ3) is 3.23. The largest absolute Gasteiger partial charge is 0.388 e. The smallest absolute Gasteiger partial charge is 0.129 e. The van der Waals surface area contributed by atoms with E-state index in [1.807, 2.05) is 0 Å². The van der Waals surface area contributed by atoms with Crippen LogP contribution in [-0.4, -0.2) is 11.7 Å². The third-order valence-corrected chi connectivity index (χ3v) is 3.68. The SMILES string of the molecule is NCC(c1cccc(F)c1)C(O)c1cc(Br)ccc1F. The number of rotatable bonds is 4. The molecule has 0 aliphatic carbocycles. The Labute approximate surface area is 124 Å². The van der Waals surface area contributed by atoms with Crippen molar-refractivity contribution in [2.75, 3.05) is 6.54 Å². The molecule has 0 fully saturated rings. The highest BCUT2D eigenvalue weighted by Crippen LogP contribution is 2.33. The summed E-state index contributed by atoms with van der Waals surface area (Å²) in [4.78, 5) is 0. The van der Waals surface area contributed by atoms with Crippen LogP contribution < -0.4 is 5.73 Å². The van der Waals surface area contributed by atoms with Gasteiger partial charge in [0.25, 0.3) is 0 Å². The van der Waals surface area contributed by atoms with Crippen LogP contribution in [0.15, 0.2) is 46.9 Å². The van der Waals surface area contributed by atoms with E-state index in [9.17, 15) is 13.9 Å². The molecule has 0 saturated heterocycles. The van der Waals surface area contributed by atoms with Crippen LogP contribution in [0.4, 0.5) is 8.78 Å². The number of halogens is 3. The first-order valence-corrected chi connectivity index (χ1v) is 6.90. The maximum Gasteiger partial charge on any atom is 0.129 e. The Morgan fingerprint density at radius 2 is 1.90 bits per heavy atom. The summed E-state index contributed by atoms with van der Waals surface area (Å²) < 4.78 is 27.7. The van der Waals surface area contributed by atoms with Gasteiger partial charge in [-0.05, 0) is 35.9 Å². The first kappa shape index (κ1) is 15.1. The molecule has 0 saturated carbocycles. The number of hydrogen-bond donors (Lipinski definition) is 2. The van der Waals surface area contributed by atoms with Crippen molar-refractivity contribution < 1.29 is 13.9 Å². The second kappa shape index (κ2) is 6.43. The van der Waals surface area contributed by atoms with E-state index in [0.717, 1.165) is 0 Å². The highest BCUT2D eigenvalue weighted by atomic mass is 79.9. The Balaban J connectivity index is 2.38. The Kier molecular flexibility index (Phi) is 4.86. The van der Waals surface area contributed by atoms with E-state index in [1.165, 1.54) is 30.3 Å². The van der Waals surface area contributed by atoms with E-state index < -0.39 is 23.7 Å². The number of benzene rings is 2. The zero-order valence-electron chi connectivity index (χ0n) is 10.6. The molecule has 2 nitrogen and oxygen atoms in total. The summed E-state index contributed by atoms with van der Waals surface area (Å²) in [5.74, 6) is -1.51. The fraction of sp³-hybridized carbons (Fsp3) is 0.200. The van der Waals surface area contributed by atoms with Crippen molar-refractivity contribution in [2.24, 2.45) is 5.73 Å². The molecule has 0 amide bonds. The van der Waals surface area contributed by atoms with Gasteiger partial charge >= 0.3 is 0 Å². The fourth-order valence-corrected chi connectivity index (χ4v) is 2.52. The average molecular weight is 342 g/mol.